The van der Waals surface area contributed by atoms with E-state index in [1.54, 1.807) is 11.4 Å². The van der Waals surface area contributed by atoms with E-state index in [1.165, 1.54) is 11.3 Å². The van der Waals surface area contributed by atoms with Crippen LogP contribution >= 0.6 is 11.3 Å². The van der Waals surface area contributed by atoms with Crippen molar-refractivity contribution in [1.82, 2.24) is 10.0 Å². The summed E-state index contributed by atoms with van der Waals surface area (Å²) in [6, 6.07) is 1.67. The number of rotatable bonds is 5. The Bertz CT molecular complexity index is 552. The van der Waals surface area contributed by atoms with Crippen LogP contribution in [0.3, 0.4) is 0 Å². The van der Waals surface area contributed by atoms with Gasteiger partial charge in [0.05, 0.1) is 10.5 Å². The third-order valence-electron chi connectivity index (χ3n) is 3.31. The standard InChI is InChI=1S/C13H22N2O3S2/c1-13(2)7-10(4-5-18-13)15-20(16,17)12-6-11(8-14-3)19-9-12/h6,9-10,14-15H,4-5,7-8H2,1-3H3. The average molecular weight is 318 g/mol. The molecule has 1 aromatic heterocycles. The van der Waals surface area contributed by atoms with Crippen molar-refractivity contribution in [1.29, 1.82) is 0 Å². The number of hydrogen-bond donors (Lipinski definition) is 2. The molecule has 1 aromatic rings. The van der Waals surface area contributed by atoms with Crippen LogP contribution in [0.4, 0.5) is 0 Å². The first kappa shape index (κ1) is 15.9. The minimum atomic E-state index is -3.43. The Kier molecular flexibility index (Phi) is 4.86. The van der Waals surface area contributed by atoms with Crippen LogP contribution in [0.5, 0.6) is 0 Å². The van der Waals surface area contributed by atoms with Crippen molar-refractivity contribution in [3.05, 3.63) is 16.3 Å². The van der Waals surface area contributed by atoms with E-state index in [9.17, 15) is 8.42 Å². The molecule has 2 N–H and O–H groups in total. The maximum Gasteiger partial charge on any atom is 0.241 e. The molecule has 2 heterocycles. The molecule has 1 aliphatic rings. The third-order valence-corrected chi connectivity index (χ3v) is 5.90. The summed E-state index contributed by atoms with van der Waals surface area (Å²) < 4.78 is 33.1. The Balaban J connectivity index is 2.06. The molecular weight excluding hydrogens is 296 g/mol. The lowest BCUT2D eigenvalue weighted by molar-refractivity contribution is -0.0599. The highest BCUT2D eigenvalue weighted by molar-refractivity contribution is 7.89. The molecule has 0 bridgehead atoms. The molecule has 1 unspecified atom stereocenters. The fraction of sp³-hybridized carbons (Fsp3) is 0.692. The summed E-state index contributed by atoms with van der Waals surface area (Å²) in [5, 5.41) is 4.71. The van der Waals surface area contributed by atoms with Crippen molar-refractivity contribution < 1.29 is 13.2 Å². The van der Waals surface area contributed by atoms with Crippen LogP contribution in [0.25, 0.3) is 0 Å². The third kappa shape index (κ3) is 4.02. The van der Waals surface area contributed by atoms with Gasteiger partial charge in [-0.15, -0.1) is 11.3 Å². The normalized spacial score (nSPS) is 22.9. The molecule has 0 amide bonds. The fourth-order valence-corrected chi connectivity index (χ4v) is 4.95. The van der Waals surface area contributed by atoms with E-state index in [0.29, 0.717) is 24.5 Å². The van der Waals surface area contributed by atoms with Gasteiger partial charge in [-0.05, 0) is 39.8 Å². The van der Waals surface area contributed by atoms with Crippen LogP contribution < -0.4 is 10.0 Å². The van der Waals surface area contributed by atoms with Gasteiger partial charge in [0.25, 0.3) is 0 Å². The lowest BCUT2D eigenvalue weighted by atomic mass is 9.95. The lowest BCUT2D eigenvalue weighted by Gasteiger charge is -2.35. The van der Waals surface area contributed by atoms with Crippen molar-refractivity contribution in [3.63, 3.8) is 0 Å². The number of thiophene rings is 1. The zero-order valence-corrected chi connectivity index (χ0v) is 13.7. The predicted molar refractivity (Wildman–Crippen MR) is 80.5 cm³/mol. The second kappa shape index (κ2) is 6.11. The number of ether oxygens (including phenoxy) is 1. The van der Waals surface area contributed by atoms with Gasteiger partial charge in [-0.1, -0.05) is 0 Å². The van der Waals surface area contributed by atoms with Crippen molar-refractivity contribution >= 4 is 21.4 Å². The van der Waals surface area contributed by atoms with Crippen molar-refractivity contribution in [2.24, 2.45) is 0 Å². The summed E-state index contributed by atoms with van der Waals surface area (Å²) in [6.45, 7) is 5.26. The minimum absolute atomic E-state index is 0.0589. The molecule has 0 saturated carbocycles. The first-order valence-electron chi connectivity index (χ1n) is 6.71. The highest BCUT2D eigenvalue weighted by Gasteiger charge is 2.31. The summed E-state index contributed by atoms with van der Waals surface area (Å²) in [6.07, 6.45) is 1.41. The Hall–Kier alpha value is -0.470. The van der Waals surface area contributed by atoms with E-state index < -0.39 is 10.0 Å². The van der Waals surface area contributed by atoms with Gasteiger partial charge >= 0.3 is 0 Å². The molecule has 0 aromatic carbocycles. The molecular formula is C13H22N2O3S2. The Morgan fingerprint density at radius 1 is 1.50 bits per heavy atom. The molecule has 0 radical (unpaired) electrons. The first-order chi connectivity index (χ1) is 9.32. The van der Waals surface area contributed by atoms with Gasteiger partial charge in [-0.25, -0.2) is 13.1 Å². The van der Waals surface area contributed by atoms with Gasteiger partial charge in [-0.2, -0.15) is 0 Å². The smallest absolute Gasteiger partial charge is 0.241 e. The Morgan fingerprint density at radius 3 is 2.90 bits per heavy atom. The molecule has 2 rings (SSSR count). The highest BCUT2D eigenvalue weighted by Crippen LogP contribution is 2.26. The van der Waals surface area contributed by atoms with Crippen LogP contribution in [-0.2, 0) is 21.3 Å². The van der Waals surface area contributed by atoms with E-state index >= 15 is 0 Å². The summed E-state index contributed by atoms with van der Waals surface area (Å²) in [4.78, 5) is 1.37. The molecule has 114 valence electrons. The first-order valence-corrected chi connectivity index (χ1v) is 9.07. The second-order valence-corrected chi connectivity index (χ2v) is 8.41. The van der Waals surface area contributed by atoms with Gasteiger partial charge in [0.2, 0.25) is 10.0 Å². The quantitative estimate of drug-likeness (QED) is 0.867. The second-order valence-electron chi connectivity index (χ2n) is 5.70. The fourth-order valence-electron chi connectivity index (χ4n) is 2.39. The van der Waals surface area contributed by atoms with Gasteiger partial charge in [0, 0.05) is 29.5 Å². The Labute approximate surface area is 124 Å². The number of hydrogen-bond acceptors (Lipinski definition) is 5. The highest BCUT2D eigenvalue weighted by atomic mass is 32.2. The van der Waals surface area contributed by atoms with Crippen molar-refractivity contribution in [3.8, 4) is 0 Å². The van der Waals surface area contributed by atoms with Crippen LogP contribution in [0.2, 0.25) is 0 Å². The van der Waals surface area contributed by atoms with Crippen molar-refractivity contribution in [2.45, 2.75) is 49.8 Å². The average Bonchev–Trinajstić information content (AvgIpc) is 2.77. The summed E-state index contributed by atoms with van der Waals surface area (Å²) in [5.41, 5.74) is -0.266. The summed E-state index contributed by atoms with van der Waals surface area (Å²) in [7, 11) is -1.59. The molecule has 0 aliphatic carbocycles. The van der Waals surface area contributed by atoms with E-state index in [0.717, 1.165) is 11.3 Å². The van der Waals surface area contributed by atoms with Gasteiger partial charge in [-0.3, -0.25) is 0 Å². The molecule has 1 aliphatic heterocycles. The van der Waals surface area contributed by atoms with Gasteiger partial charge < -0.3 is 10.1 Å². The van der Waals surface area contributed by atoms with E-state index in [4.69, 9.17) is 4.74 Å². The molecule has 7 heteroatoms. The molecule has 20 heavy (non-hydrogen) atoms. The summed E-state index contributed by atoms with van der Waals surface area (Å²) >= 11 is 1.46. The molecule has 1 saturated heterocycles. The van der Waals surface area contributed by atoms with E-state index in [1.807, 2.05) is 20.9 Å². The van der Waals surface area contributed by atoms with Crippen LogP contribution in [-0.4, -0.2) is 33.7 Å². The Morgan fingerprint density at radius 2 is 2.25 bits per heavy atom. The SMILES string of the molecule is CNCc1cc(S(=O)(=O)NC2CCOC(C)(C)C2)cs1. The number of sulfonamides is 1. The van der Waals surface area contributed by atoms with Gasteiger partial charge in [0.15, 0.2) is 0 Å². The van der Waals surface area contributed by atoms with Crippen LogP contribution in [0.1, 0.15) is 31.6 Å². The molecule has 1 fully saturated rings. The minimum Gasteiger partial charge on any atom is -0.375 e. The molecule has 1 atom stereocenters. The molecule has 5 nitrogen and oxygen atoms in total. The van der Waals surface area contributed by atoms with Gasteiger partial charge in [0.1, 0.15) is 0 Å². The molecule has 0 spiro atoms. The van der Waals surface area contributed by atoms with Crippen LogP contribution in [0.15, 0.2) is 16.3 Å². The van der Waals surface area contributed by atoms with Crippen LogP contribution in [0, 0.1) is 0 Å². The lowest BCUT2D eigenvalue weighted by Crippen LogP contribution is -2.45. The maximum atomic E-state index is 12.4. The topological polar surface area (TPSA) is 67.4 Å². The largest absolute Gasteiger partial charge is 0.375 e. The maximum absolute atomic E-state index is 12.4. The van der Waals surface area contributed by atoms with E-state index in [2.05, 4.69) is 10.0 Å². The van der Waals surface area contributed by atoms with Crippen molar-refractivity contribution in [2.75, 3.05) is 13.7 Å². The summed E-state index contributed by atoms with van der Waals surface area (Å²) in [5.74, 6) is 0. The number of nitrogens with one attached hydrogen (secondary N) is 2. The predicted octanol–water partition coefficient (Wildman–Crippen LogP) is 1.70. The monoisotopic (exact) mass is 318 g/mol. The van der Waals surface area contributed by atoms with E-state index in [-0.39, 0.29) is 11.6 Å². The zero-order valence-electron chi connectivity index (χ0n) is 12.1. The zero-order chi connectivity index (χ0) is 14.8.